The topological polar surface area (TPSA) is 77.0 Å². The van der Waals surface area contributed by atoms with Gasteiger partial charge >= 0.3 is 0 Å². The van der Waals surface area contributed by atoms with Crippen LogP contribution in [-0.2, 0) is 0 Å². The Morgan fingerprint density at radius 3 is 2.67 bits per heavy atom. The number of rotatable bonds is 8. The average Bonchev–Trinajstić information content (AvgIpc) is 3.21. The van der Waals surface area contributed by atoms with E-state index in [-0.39, 0.29) is 17.4 Å². The Bertz CT molecular complexity index is 1110. The second kappa shape index (κ2) is 9.41. The van der Waals surface area contributed by atoms with Gasteiger partial charge in [-0.15, -0.1) is 11.3 Å². The van der Waals surface area contributed by atoms with Crippen molar-refractivity contribution >= 4 is 27.5 Å². The van der Waals surface area contributed by atoms with Crippen LogP contribution in [0.5, 0.6) is 5.75 Å². The summed E-state index contributed by atoms with van der Waals surface area (Å²) in [5, 5.41) is 3.55. The van der Waals surface area contributed by atoms with Gasteiger partial charge in [0.15, 0.2) is 5.69 Å². The van der Waals surface area contributed by atoms with Crippen LogP contribution in [0.15, 0.2) is 60.9 Å². The fourth-order valence-corrected chi connectivity index (χ4v) is 3.83. The van der Waals surface area contributed by atoms with Gasteiger partial charge in [0.1, 0.15) is 22.3 Å². The number of hydrogen-bond acceptors (Lipinski definition) is 6. The largest absolute Gasteiger partial charge is 0.494 e. The van der Waals surface area contributed by atoms with Crippen molar-refractivity contribution in [3.05, 3.63) is 72.4 Å². The molecule has 6 nitrogen and oxygen atoms in total. The van der Waals surface area contributed by atoms with E-state index in [2.05, 4.69) is 20.3 Å². The summed E-state index contributed by atoms with van der Waals surface area (Å²) < 4.78 is 19.5. The lowest BCUT2D eigenvalue weighted by molar-refractivity contribution is 0.0947. The van der Waals surface area contributed by atoms with E-state index in [4.69, 9.17) is 4.74 Å². The van der Waals surface area contributed by atoms with Crippen LogP contribution in [0.1, 0.15) is 23.3 Å². The molecule has 0 saturated carbocycles. The molecular weight excluding hydrogens is 403 g/mol. The van der Waals surface area contributed by atoms with Crippen molar-refractivity contribution in [3.8, 4) is 16.5 Å². The number of thiazole rings is 1. The van der Waals surface area contributed by atoms with Crippen LogP contribution in [0.3, 0.4) is 0 Å². The summed E-state index contributed by atoms with van der Waals surface area (Å²) >= 11 is 1.48. The van der Waals surface area contributed by atoms with Crippen LogP contribution in [0.4, 0.5) is 4.39 Å². The molecule has 0 aliphatic carbocycles. The molecule has 0 radical (unpaired) electrons. The maximum absolute atomic E-state index is 12.9. The van der Waals surface area contributed by atoms with Crippen LogP contribution in [0.2, 0.25) is 0 Å². The summed E-state index contributed by atoms with van der Waals surface area (Å²) in [7, 11) is 0. The summed E-state index contributed by atoms with van der Waals surface area (Å²) in [5.41, 5.74) is 1.62. The number of carbonyl (C=O) groups excluding carboxylic acids is 1. The third kappa shape index (κ3) is 4.77. The van der Waals surface area contributed by atoms with E-state index in [9.17, 15) is 9.18 Å². The van der Waals surface area contributed by atoms with Gasteiger partial charge in [0.2, 0.25) is 0 Å². The normalized spacial score (nSPS) is 10.8. The maximum Gasteiger partial charge on any atom is 0.272 e. The smallest absolute Gasteiger partial charge is 0.272 e. The Morgan fingerprint density at radius 1 is 1.03 bits per heavy atom. The fourth-order valence-electron chi connectivity index (χ4n) is 2.87. The molecule has 2 aromatic carbocycles. The number of nitrogens with one attached hydrogen (secondary N) is 1. The molecule has 0 aliphatic heterocycles. The first kappa shape index (κ1) is 19.9. The number of carbonyl (C=O) groups is 1. The quantitative estimate of drug-likeness (QED) is 0.424. The summed E-state index contributed by atoms with van der Waals surface area (Å²) in [6.07, 6.45) is 4.56. The van der Waals surface area contributed by atoms with Gasteiger partial charge in [-0.3, -0.25) is 4.79 Å². The monoisotopic (exact) mass is 422 g/mol. The van der Waals surface area contributed by atoms with E-state index in [0.717, 1.165) is 23.1 Å². The van der Waals surface area contributed by atoms with Gasteiger partial charge in [-0.05, 0) is 49.2 Å². The van der Waals surface area contributed by atoms with E-state index in [1.54, 1.807) is 18.3 Å². The van der Waals surface area contributed by atoms with Gasteiger partial charge in [0.25, 0.3) is 5.91 Å². The van der Waals surface area contributed by atoms with E-state index >= 15 is 0 Å². The van der Waals surface area contributed by atoms with Crippen LogP contribution >= 0.6 is 11.3 Å². The molecule has 4 aromatic rings. The van der Waals surface area contributed by atoms with Gasteiger partial charge < -0.3 is 10.1 Å². The Balaban J connectivity index is 1.31. The standard InChI is InChI=1S/C22H19FN4O2S/c23-15-7-9-16(10-8-15)29-14-4-3-11-26-21(28)19-20(25-13-12-24-19)22-27-17-5-1-2-6-18(17)30-22/h1-2,5-10,12-13H,3-4,11,14H2,(H,26,28). The first-order valence-corrected chi connectivity index (χ1v) is 10.4. The Morgan fingerprint density at radius 2 is 1.83 bits per heavy atom. The number of aromatic nitrogens is 3. The molecule has 0 saturated heterocycles. The molecule has 152 valence electrons. The highest BCUT2D eigenvalue weighted by atomic mass is 32.1. The van der Waals surface area contributed by atoms with Crippen molar-refractivity contribution in [1.29, 1.82) is 0 Å². The van der Waals surface area contributed by atoms with E-state index in [0.29, 0.717) is 29.6 Å². The van der Waals surface area contributed by atoms with E-state index in [1.807, 2.05) is 24.3 Å². The van der Waals surface area contributed by atoms with Gasteiger partial charge in [-0.1, -0.05) is 12.1 Å². The Labute approximate surface area is 176 Å². The van der Waals surface area contributed by atoms with Crippen molar-refractivity contribution in [3.63, 3.8) is 0 Å². The van der Waals surface area contributed by atoms with Crippen molar-refractivity contribution in [2.45, 2.75) is 12.8 Å². The lowest BCUT2D eigenvalue weighted by Gasteiger charge is -2.08. The Hall–Kier alpha value is -3.39. The molecule has 30 heavy (non-hydrogen) atoms. The zero-order valence-electron chi connectivity index (χ0n) is 16.0. The lowest BCUT2D eigenvalue weighted by atomic mass is 10.2. The van der Waals surface area contributed by atoms with Crippen molar-refractivity contribution in [1.82, 2.24) is 20.3 Å². The number of amides is 1. The first-order chi connectivity index (χ1) is 14.7. The van der Waals surface area contributed by atoms with Crippen LogP contribution in [0.25, 0.3) is 20.9 Å². The van der Waals surface area contributed by atoms with Crippen molar-refractivity contribution < 1.29 is 13.9 Å². The first-order valence-electron chi connectivity index (χ1n) is 9.54. The second-order valence-corrected chi connectivity index (χ2v) is 7.54. The molecule has 0 aliphatic rings. The molecule has 2 aromatic heterocycles. The highest BCUT2D eigenvalue weighted by molar-refractivity contribution is 7.21. The number of benzene rings is 2. The SMILES string of the molecule is O=C(NCCCCOc1ccc(F)cc1)c1nccnc1-c1nc2ccccc2s1. The van der Waals surface area contributed by atoms with Gasteiger partial charge in [-0.2, -0.15) is 0 Å². The number of nitrogens with zero attached hydrogens (tertiary/aromatic N) is 3. The molecule has 1 N–H and O–H groups in total. The van der Waals surface area contributed by atoms with Crippen LogP contribution in [0, 0.1) is 5.82 Å². The Kier molecular flexibility index (Phi) is 6.24. The summed E-state index contributed by atoms with van der Waals surface area (Å²) in [5.74, 6) is 0.0524. The maximum atomic E-state index is 12.9. The predicted molar refractivity (Wildman–Crippen MR) is 114 cm³/mol. The molecule has 0 spiro atoms. The average molecular weight is 422 g/mol. The molecule has 4 rings (SSSR count). The summed E-state index contributed by atoms with van der Waals surface area (Å²) in [6.45, 7) is 0.977. The fraction of sp³-hybridized carbons (Fsp3) is 0.182. The molecule has 0 bridgehead atoms. The molecule has 0 fully saturated rings. The van der Waals surface area contributed by atoms with Crippen LogP contribution in [-0.4, -0.2) is 34.0 Å². The van der Waals surface area contributed by atoms with E-state index < -0.39 is 0 Å². The lowest BCUT2D eigenvalue weighted by Crippen LogP contribution is -2.26. The number of para-hydroxylation sites is 1. The highest BCUT2D eigenvalue weighted by Crippen LogP contribution is 2.30. The van der Waals surface area contributed by atoms with Gasteiger partial charge in [-0.25, -0.2) is 19.3 Å². The number of hydrogen-bond donors (Lipinski definition) is 1. The van der Waals surface area contributed by atoms with Gasteiger partial charge in [0, 0.05) is 18.9 Å². The second-order valence-electron chi connectivity index (χ2n) is 6.51. The summed E-state index contributed by atoms with van der Waals surface area (Å²) in [4.78, 5) is 25.8. The zero-order chi connectivity index (χ0) is 20.8. The number of unbranched alkanes of at least 4 members (excludes halogenated alkanes) is 1. The minimum Gasteiger partial charge on any atom is -0.494 e. The number of fused-ring (bicyclic) bond motifs is 1. The molecular formula is C22H19FN4O2S. The minimum absolute atomic E-state index is 0.263. The minimum atomic E-state index is -0.292. The number of ether oxygens (including phenoxy) is 1. The molecule has 8 heteroatoms. The predicted octanol–water partition coefficient (Wildman–Crippen LogP) is 4.48. The molecule has 2 heterocycles. The summed E-state index contributed by atoms with van der Waals surface area (Å²) in [6, 6.07) is 13.7. The molecule has 0 atom stereocenters. The third-order valence-corrected chi connectivity index (χ3v) is 5.39. The number of halogens is 1. The molecule has 0 unspecified atom stereocenters. The zero-order valence-corrected chi connectivity index (χ0v) is 16.9. The van der Waals surface area contributed by atoms with Gasteiger partial charge in [0.05, 0.1) is 16.8 Å². The third-order valence-electron chi connectivity index (χ3n) is 4.35. The van der Waals surface area contributed by atoms with Crippen molar-refractivity contribution in [2.75, 3.05) is 13.2 Å². The highest BCUT2D eigenvalue weighted by Gasteiger charge is 2.18. The van der Waals surface area contributed by atoms with E-state index in [1.165, 1.54) is 29.7 Å². The van der Waals surface area contributed by atoms with Crippen molar-refractivity contribution in [2.24, 2.45) is 0 Å². The molecule has 1 amide bonds. The van der Waals surface area contributed by atoms with Crippen LogP contribution < -0.4 is 10.1 Å².